The van der Waals surface area contributed by atoms with E-state index in [9.17, 15) is 0 Å². The van der Waals surface area contributed by atoms with Crippen LogP contribution in [0.5, 0.6) is 0 Å². The standard InChI is InChI=1S/C18H22N6S/c1-2-4-16(5-3-1)17-13-25-18(21-17)12-23-8-6-22(7-9-23)10-11-24-15-19-14-20-24/h1-5,13-15H,6-12H2. The molecule has 1 aromatic carbocycles. The minimum Gasteiger partial charge on any atom is -0.299 e. The number of piperazine rings is 1. The van der Waals surface area contributed by atoms with E-state index in [1.54, 1.807) is 24.0 Å². The molecule has 0 atom stereocenters. The van der Waals surface area contributed by atoms with E-state index < -0.39 is 0 Å². The second-order valence-corrected chi connectivity index (χ2v) is 7.21. The fourth-order valence-corrected chi connectivity index (χ4v) is 3.92. The maximum absolute atomic E-state index is 4.81. The Balaban J connectivity index is 1.25. The van der Waals surface area contributed by atoms with Crippen molar-refractivity contribution in [1.82, 2.24) is 29.5 Å². The van der Waals surface area contributed by atoms with Crippen molar-refractivity contribution in [2.45, 2.75) is 13.1 Å². The van der Waals surface area contributed by atoms with Gasteiger partial charge in [0.15, 0.2) is 0 Å². The number of rotatable bonds is 6. The quantitative estimate of drug-likeness (QED) is 0.679. The van der Waals surface area contributed by atoms with Crippen LogP contribution in [0.4, 0.5) is 0 Å². The van der Waals surface area contributed by atoms with Gasteiger partial charge in [-0.3, -0.25) is 14.5 Å². The van der Waals surface area contributed by atoms with Crippen molar-refractivity contribution in [3.63, 3.8) is 0 Å². The van der Waals surface area contributed by atoms with E-state index in [1.807, 2.05) is 10.7 Å². The van der Waals surface area contributed by atoms with Crippen molar-refractivity contribution in [2.24, 2.45) is 0 Å². The van der Waals surface area contributed by atoms with E-state index in [1.165, 1.54) is 10.6 Å². The van der Waals surface area contributed by atoms with Crippen LogP contribution in [-0.2, 0) is 13.1 Å². The Morgan fingerprint density at radius 3 is 2.52 bits per heavy atom. The van der Waals surface area contributed by atoms with Crippen molar-refractivity contribution >= 4 is 11.3 Å². The fourth-order valence-electron chi connectivity index (χ4n) is 3.08. The minimum absolute atomic E-state index is 0.910. The van der Waals surface area contributed by atoms with Crippen LogP contribution in [0.3, 0.4) is 0 Å². The van der Waals surface area contributed by atoms with Crippen molar-refractivity contribution in [3.8, 4) is 11.3 Å². The lowest BCUT2D eigenvalue weighted by molar-refractivity contribution is 0.123. The van der Waals surface area contributed by atoms with E-state index in [0.29, 0.717) is 0 Å². The van der Waals surface area contributed by atoms with Gasteiger partial charge < -0.3 is 0 Å². The Labute approximate surface area is 151 Å². The summed E-state index contributed by atoms with van der Waals surface area (Å²) in [5.74, 6) is 0. The molecule has 25 heavy (non-hydrogen) atoms. The topological polar surface area (TPSA) is 50.1 Å². The number of hydrogen-bond donors (Lipinski definition) is 0. The summed E-state index contributed by atoms with van der Waals surface area (Å²) >= 11 is 1.76. The summed E-state index contributed by atoms with van der Waals surface area (Å²) in [6.45, 7) is 7.29. The van der Waals surface area contributed by atoms with Crippen molar-refractivity contribution in [2.75, 3.05) is 32.7 Å². The Kier molecular flexibility index (Phi) is 5.15. The van der Waals surface area contributed by atoms with Gasteiger partial charge >= 0.3 is 0 Å². The lowest BCUT2D eigenvalue weighted by Crippen LogP contribution is -2.46. The van der Waals surface area contributed by atoms with Crippen molar-refractivity contribution in [1.29, 1.82) is 0 Å². The fraction of sp³-hybridized carbons (Fsp3) is 0.389. The van der Waals surface area contributed by atoms with Crippen LogP contribution in [0.2, 0.25) is 0 Å². The molecule has 4 rings (SSSR count). The summed E-state index contributed by atoms with van der Waals surface area (Å²) in [5, 5.41) is 7.53. The van der Waals surface area contributed by atoms with Gasteiger partial charge in [0.2, 0.25) is 0 Å². The van der Waals surface area contributed by atoms with Gasteiger partial charge in [-0.2, -0.15) is 5.10 Å². The van der Waals surface area contributed by atoms with Crippen LogP contribution in [0.1, 0.15) is 5.01 Å². The first-order chi connectivity index (χ1) is 12.4. The van der Waals surface area contributed by atoms with Crippen LogP contribution in [0, 0.1) is 0 Å². The molecule has 6 nitrogen and oxygen atoms in total. The molecule has 0 N–H and O–H groups in total. The molecule has 1 saturated heterocycles. The number of benzene rings is 1. The molecular weight excluding hydrogens is 332 g/mol. The molecule has 1 aliphatic rings. The van der Waals surface area contributed by atoms with E-state index in [-0.39, 0.29) is 0 Å². The van der Waals surface area contributed by atoms with Gasteiger partial charge in [-0.1, -0.05) is 30.3 Å². The molecule has 130 valence electrons. The normalized spacial score (nSPS) is 16.3. The lowest BCUT2D eigenvalue weighted by atomic mass is 10.2. The molecule has 7 heteroatoms. The molecule has 1 fully saturated rings. The number of nitrogens with zero attached hydrogens (tertiary/aromatic N) is 6. The molecule has 0 aliphatic carbocycles. The molecule has 1 aliphatic heterocycles. The second-order valence-electron chi connectivity index (χ2n) is 6.27. The highest BCUT2D eigenvalue weighted by atomic mass is 32.1. The zero-order valence-electron chi connectivity index (χ0n) is 14.2. The average molecular weight is 354 g/mol. The van der Waals surface area contributed by atoms with Gasteiger partial charge in [0.1, 0.15) is 17.7 Å². The zero-order valence-corrected chi connectivity index (χ0v) is 15.0. The smallest absolute Gasteiger partial charge is 0.137 e. The molecule has 3 aromatic rings. The number of aromatic nitrogens is 4. The molecule has 0 saturated carbocycles. The van der Waals surface area contributed by atoms with Crippen LogP contribution in [0.15, 0.2) is 48.4 Å². The molecule has 0 radical (unpaired) electrons. The summed E-state index contributed by atoms with van der Waals surface area (Å²) in [6, 6.07) is 10.4. The third-order valence-electron chi connectivity index (χ3n) is 4.56. The van der Waals surface area contributed by atoms with Crippen LogP contribution in [-0.4, -0.2) is 62.3 Å². The van der Waals surface area contributed by atoms with Gasteiger partial charge in [-0.15, -0.1) is 11.3 Å². The molecule has 2 aromatic heterocycles. The molecule has 0 bridgehead atoms. The summed E-state index contributed by atoms with van der Waals surface area (Å²) in [5.41, 5.74) is 2.29. The SMILES string of the molecule is c1ccc(-c2csc(CN3CCN(CCn4cncn4)CC3)n2)cc1. The van der Waals surface area contributed by atoms with Crippen molar-refractivity contribution < 1.29 is 0 Å². The Morgan fingerprint density at radius 1 is 0.960 bits per heavy atom. The highest BCUT2D eigenvalue weighted by Crippen LogP contribution is 2.22. The van der Waals surface area contributed by atoms with Crippen molar-refractivity contribution in [3.05, 3.63) is 53.4 Å². The predicted molar refractivity (Wildman–Crippen MR) is 99.3 cm³/mol. The van der Waals surface area contributed by atoms with Gasteiger partial charge in [0.05, 0.1) is 18.8 Å². The van der Waals surface area contributed by atoms with E-state index >= 15 is 0 Å². The molecule has 0 unspecified atom stereocenters. The maximum atomic E-state index is 4.81. The third kappa shape index (κ3) is 4.31. The maximum Gasteiger partial charge on any atom is 0.137 e. The average Bonchev–Trinajstić information content (AvgIpc) is 3.34. The first-order valence-electron chi connectivity index (χ1n) is 8.64. The first kappa shape index (κ1) is 16.4. The van der Waals surface area contributed by atoms with Crippen LogP contribution in [0.25, 0.3) is 11.3 Å². The molecule has 0 amide bonds. The largest absolute Gasteiger partial charge is 0.299 e. The zero-order chi connectivity index (χ0) is 16.9. The van der Waals surface area contributed by atoms with E-state index in [4.69, 9.17) is 4.98 Å². The Morgan fingerprint density at radius 2 is 1.76 bits per heavy atom. The van der Waals surface area contributed by atoms with Crippen LogP contribution < -0.4 is 0 Å². The lowest BCUT2D eigenvalue weighted by Gasteiger charge is -2.34. The molecule has 0 spiro atoms. The summed E-state index contributed by atoms with van der Waals surface area (Å²) in [7, 11) is 0. The molecule has 3 heterocycles. The Hall–Kier alpha value is -2.09. The van der Waals surface area contributed by atoms with Gasteiger partial charge in [-0.05, 0) is 0 Å². The van der Waals surface area contributed by atoms with Gasteiger partial charge in [-0.25, -0.2) is 9.97 Å². The number of hydrogen-bond acceptors (Lipinski definition) is 6. The minimum atomic E-state index is 0.910. The van der Waals surface area contributed by atoms with Crippen LogP contribution >= 0.6 is 11.3 Å². The summed E-state index contributed by atoms with van der Waals surface area (Å²) < 4.78 is 1.90. The van der Waals surface area contributed by atoms with E-state index in [2.05, 4.69) is 49.5 Å². The van der Waals surface area contributed by atoms with Gasteiger partial charge in [0.25, 0.3) is 0 Å². The Bertz CT molecular complexity index is 762. The predicted octanol–water partition coefficient (Wildman–Crippen LogP) is 2.22. The first-order valence-corrected chi connectivity index (χ1v) is 9.52. The second kappa shape index (κ2) is 7.86. The third-order valence-corrected chi connectivity index (χ3v) is 5.39. The highest BCUT2D eigenvalue weighted by molar-refractivity contribution is 7.09. The summed E-state index contributed by atoms with van der Waals surface area (Å²) in [6.07, 6.45) is 3.37. The highest BCUT2D eigenvalue weighted by Gasteiger charge is 2.18. The monoisotopic (exact) mass is 354 g/mol. The van der Waals surface area contributed by atoms with Gasteiger partial charge in [0, 0.05) is 43.7 Å². The molecular formula is C18H22N6S. The number of thiazole rings is 1. The van der Waals surface area contributed by atoms with E-state index in [0.717, 1.165) is 51.5 Å². The summed E-state index contributed by atoms with van der Waals surface area (Å²) in [4.78, 5) is 13.8.